The SMILES string of the molecule is CC(C)(O)CN1CCC2(CC1)CCN(Cc1ccc(C(=O)N(Cc3ncc[nH]3)Cc3ncc[nH]3)cc1)C2. The molecule has 1 aromatic carbocycles. The summed E-state index contributed by atoms with van der Waals surface area (Å²) < 4.78 is 0. The minimum absolute atomic E-state index is 0.0442. The van der Waals surface area contributed by atoms with Crippen LogP contribution in [-0.4, -0.2) is 84.0 Å². The van der Waals surface area contributed by atoms with Crippen molar-refractivity contribution in [2.45, 2.75) is 58.3 Å². The van der Waals surface area contributed by atoms with Crippen LogP contribution in [0, 0.1) is 5.41 Å². The van der Waals surface area contributed by atoms with Gasteiger partial charge in [-0.05, 0) is 75.9 Å². The Hall–Kier alpha value is -3.01. The number of benzene rings is 1. The summed E-state index contributed by atoms with van der Waals surface area (Å²) >= 11 is 0. The lowest BCUT2D eigenvalue weighted by atomic mass is 9.77. The maximum atomic E-state index is 13.4. The third-order valence-electron chi connectivity index (χ3n) is 7.73. The molecule has 198 valence electrons. The zero-order chi connectivity index (χ0) is 25.9. The van der Waals surface area contributed by atoms with Crippen LogP contribution in [0.2, 0.25) is 0 Å². The number of H-pyrrole nitrogens is 2. The Morgan fingerprint density at radius 2 is 1.54 bits per heavy atom. The Kier molecular flexibility index (Phi) is 7.46. The molecule has 3 aromatic rings. The maximum Gasteiger partial charge on any atom is 0.254 e. The first-order valence-electron chi connectivity index (χ1n) is 13.3. The van der Waals surface area contributed by atoms with Gasteiger partial charge in [0.05, 0.1) is 18.7 Å². The molecule has 0 saturated carbocycles. The lowest BCUT2D eigenvalue weighted by Gasteiger charge is -2.41. The van der Waals surface area contributed by atoms with Crippen LogP contribution in [0.5, 0.6) is 0 Å². The van der Waals surface area contributed by atoms with E-state index >= 15 is 0 Å². The molecule has 0 aliphatic carbocycles. The fraction of sp³-hybridized carbons (Fsp3) is 0.536. The van der Waals surface area contributed by atoms with Gasteiger partial charge in [0.15, 0.2) is 0 Å². The Morgan fingerprint density at radius 1 is 0.973 bits per heavy atom. The first kappa shape index (κ1) is 25.6. The summed E-state index contributed by atoms with van der Waals surface area (Å²) in [6.07, 6.45) is 10.6. The predicted molar refractivity (Wildman–Crippen MR) is 141 cm³/mol. The van der Waals surface area contributed by atoms with Crippen molar-refractivity contribution in [2.75, 3.05) is 32.7 Å². The summed E-state index contributed by atoms with van der Waals surface area (Å²) in [7, 11) is 0. The smallest absolute Gasteiger partial charge is 0.254 e. The Bertz CT molecular complexity index is 1090. The molecule has 1 spiro atoms. The van der Waals surface area contributed by atoms with Crippen molar-refractivity contribution in [3.05, 3.63) is 71.8 Å². The molecule has 2 aromatic heterocycles. The zero-order valence-corrected chi connectivity index (χ0v) is 22.0. The highest BCUT2D eigenvalue weighted by Crippen LogP contribution is 2.41. The highest BCUT2D eigenvalue weighted by Gasteiger charge is 2.40. The molecule has 2 saturated heterocycles. The van der Waals surface area contributed by atoms with Gasteiger partial charge in [-0.25, -0.2) is 9.97 Å². The van der Waals surface area contributed by atoms with E-state index in [1.807, 2.05) is 26.0 Å². The molecule has 1 amide bonds. The van der Waals surface area contributed by atoms with Crippen LogP contribution < -0.4 is 0 Å². The average molecular weight is 506 g/mol. The summed E-state index contributed by atoms with van der Waals surface area (Å²) in [5.41, 5.74) is 1.68. The van der Waals surface area contributed by atoms with Crippen molar-refractivity contribution in [3.8, 4) is 0 Å². The van der Waals surface area contributed by atoms with Crippen LogP contribution in [0.3, 0.4) is 0 Å². The molecule has 0 radical (unpaired) electrons. The number of rotatable bonds is 9. The Labute approximate surface area is 218 Å². The lowest BCUT2D eigenvalue weighted by Crippen LogP contribution is -2.46. The number of piperidine rings is 1. The van der Waals surface area contributed by atoms with Gasteiger partial charge in [-0.3, -0.25) is 9.69 Å². The van der Waals surface area contributed by atoms with Gasteiger partial charge >= 0.3 is 0 Å². The lowest BCUT2D eigenvalue weighted by molar-refractivity contribution is 0.0114. The van der Waals surface area contributed by atoms with Crippen LogP contribution >= 0.6 is 0 Å². The van der Waals surface area contributed by atoms with Gasteiger partial charge in [-0.1, -0.05) is 12.1 Å². The van der Waals surface area contributed by atoms with E-state index in [1.165, 1.54) is 24.8 Å². The number of hydrogen-bond donors (Lipinski definition) is 3. The van der Waals surface area contributed by atoms with E-state index in [2.05, 4.69) is 41.9 Å². The van der Waals surface area contributed by atoms with E-state index in [1.54, 1.807) is 29.7 Å². The van der Waals surface area contributed by atoms with Crippen molar-refractivity contribution in [3.63, 3.8) is 0 Å². The highest BCUT2D eigenvalue weighted by molar-refractivity contribution is 5.94. The van der Waals surface area contributed by atoms with Crippen molar-refractivity contribution < 1.29 is 9.90 Å². The molecule has 2 aliphatic rings. The van der Waals surface area contributed by atoms with Crippen LogP contribution in [0.25, 0.3) is 0 Å². The summed E-state index contributed by atoms with van der Waals surface area (Å²) in [6, 6.07) is 8.05. The molecule has 5 rings (SSSR count). The summed E-state index contributed by atoms with van der Waals surface area (Å²) in [4.78, 5) is 34.8. The van der Waals surface area contributed by atoms with Gasteiger partial charge in [-0.2, -0.15) is 0 Å². The van der Waals surface area contributed by atoms with Crippen molar-refractivity contribution in [1.82, 2.24) is 34.6 Å². The minimum Gasteiger partial charge on any atom is -0.389 e. The van der Waals surface area contributed by atoms with Crippen molar-refractivity contribution in [2.24, 2.45) is 5.41 Å². The molecule has 2 fully saturated rings. The Morgan fingerprint density at radius 3 is 2.05 bits per heavy atom. The molecule has 9 heteroatoms. The first-order chi connectivity index (χ1) is 17.8. The van der Waals surface area contributed by atoms with Crippen molar-refractivity contribution in [1.29, 1.82) is 0 Å². The third-order valence-corrected chi connectivity index (χ3v) is 7.73. The number of aromatic nitrogens is 4. The normalized spacial score (nSPS) is 18.5. The zero-order valence-electron chi connectivity index (χ0n) is 22.0. The number of aliphatic hydroxyl groups is 1. The van der Waals surface area contributed by atoms with Crippen LogP contribution in [0.4, 0.5) is 0 Å². The van der Waals surface area contributed by atoms with E-state index in [0.29, 0.717) is 24.1 Å². The second-order valence-corrected chi connectivity index (χ2v) is 11.5. The van der Waals surface area contributed by atoms with Gasteiger partial charge in [0, 0.05) is 50.0 Å². The second-order valence-electron chi connectivity index (χ2n) is 11.5. The largest absolute Gasteiger partial charge is 0.389 e. The minimum atomic E-state index is -0.631. The standard InChI is InChI=1S/C28H39N7O2/c1-27(2,37)20-33-14-7-28(8-15-33)9-16-34(21-28)17-22-3-5-23(6-4-22)26(36)35(18-24-29-10-11-30-24)19-25-31-12-13-32-25/h3-6,10-13,37H,7-9,14-21H2,1-2H3,(H,29,30)(H,31,32). The number of nitrogens with zero attached hydrogens (tertiary/aromatic N) is 5. The van der Waals surface area contributed by atoms with Gasteiger partial charge < -0.3 is 24.9 Å². The van der Waals surface area contributed by atoms with Crippen LogP contribution in [-0.2, 0) is 19.6 Å². The van der Waals surface area contributed by atoms with Gasteiger partial charge in [0.2, 0.25) is 0 Å². The molecule has 3 N–H and O–H groups in total. The number of likely N-dealkylation sites (tertiary alicyclic amines) is 2. The molecular formula is C28H39N7O2. The molecule has 37 heavy (non-hydrogen) atoms. The van der Waals surface area contributed by atoms with E-state index in [4.69, 9.17) is 0 Å². The molecule has 9 nitrogen and oxygen atoms in total. The van der Waals surface area contributed by atoms with Crippen LogP contribution in [0.15, 0.2) is 49.1 Å². The van der Waals surface area contributed by atoms with Crippen molar-refractivity contribution >= 4 is 5.91 Å². The number of hydrogen-bond acceptors (Lipinski definition) is 6. The number of nitrogens with one attached hydrogen (secondary N) is 2. The number of carbonyl (C=O) groups is 1. The second kappa shape index (κ2) is 10.8. The summed E-state index contributed by atoms with van der Waals surface area (Å²) in [5.74, 6) is 1.44. The van der Waals surface area contributed by atoms with Gasteiger partial charge in [0.25, 0.3) is 5.91 Å². The molecule has 0 unspecified atom stereocenters. The van der Waals surface area contributed by atoms with E-state index in [0.717, 1.165) is 50.9 Å². The monoisotopic (exact) mass is 505 g/mol. The van der Waals surface area contributed by atoms with E-state index in [-0.39, 0.29) is 5.91 Å². The molecule has 4 heterocycles. The third kappa shape index (κ3) is 6.66. The number of β-amino-alcohol motifs (C(OH)–C–C–N with tert-alkyl or cyclic N) is 1. The predicted octanol–water partition coefficient (Wildman–Crippen LogP) is 3.03. The number of imidazole rings is 2. The summed E-state index contributed by atoms with van der Waals surface area (Å²) in [6.45, 7) is 10.6. The number of aromatic amines is 2. The molecule has 0 atom stereocenters. The Balaban J connectivity index is 1.17. The van der Waals surface area contributed by atoms with Gasteiger partial charge in [-0.15, -0.1) is 0 Å². The number of carbonyl (C=O) groups excluding carboxylic acids is 1. The first-order valence-corrected chi connectivity index (χ1v) is 13.3. The average Bonchev–Trinajstić information content (AvgIpc) is 3.64. The van der Waals surface area contributed by atoms with Crippen LogP contribution in [0.1, 0.15) is 60.7 Å². The molecule has 2 aliphatic heterocycles. The molecular weight excluding hydrogens is 466 g/mol. The number of amides is 1. The molecule has 0 bridgehead atoms. The highest BCUT2D eigenvalue weighted by atomic mass is 16.3. The topological polar surface area (TPSA) is 104 Å². The summed E-state index contributed by atoms with van der Waals surface area (Å²) in [5, 5.41) is 10.1. The maximum absolute atomic E-state index is 13.4. The van der Waals surface area contributed by atoms with E-state index < -0.39 is 5.60 Å². The fourth-order valence-electron chi connectivity index (χ4n) is 5.83. The van der Waals surface area contributed by atoms with E-state index in [9.17, 15) is 9.90 Å². The van der Waals surface area contributed by atoms with Gasteiger partial charge in [0.1, 0.15) is 11.6 Å². The quantitative estimate of drug-likeness (QED) is 0.413. The fourth-order valence-corrected chi connectivity index (χ4v) is 5.83.